The molecule has 1 aliphatic heterocycles. The van der Waals surface area contributed by atoms with Gasteiger partial charge in [0.1, 0.15) is 0 Å². The summed E-state index contributed by atoms with van der Waals surface area (Å²) >= 11 is 0. The summed E-state index contributed by atoms with van der Waals surface area (Å²) in [5.74, 6) is -0.626. The molecule has 4 heteroatoms. The summed E-state index contributed by atoms with van der Waals surface area (Å²) < 4.78 is 0. The molecule has 0 amide bonds. The molecule has 2 aliphatic carbocycles. The van der Waals surface area contributed by atoms with Crippen LogP contribution in [0.15, 0.2) is 0 Å². The minimum Gasteiger partial charge on any atom is -0.479 e. The van der Waals surface area contributed by atoms with Crippen LogP contribution in [0.5, 0.6) is 0 Å². The predicted octanol–water partition coefficient (Wildman–Crippen LogP) is 2.68. The first-order valence-corrected chi connectivity index (χ1v) is 8.51. The Labute approximate surface area is 122 Å². The standard InChI is InChI=1S/C16H28N2O2/c19-16(20)15-17(13-7-3-1-4-8-13)11-12-18(15)14-9-5-2-6-10-14/h13-15H,1-12H2,(H,19,20). The van der Waals surface area contributed by atoms with Gasteiger partial charge in [-0.1, -0.05) is 38.5 Å². The quantitative estimate of drug-likeness (QED) is 0.863. The first-order valence-electron chi connectivity index (χ1n) is 8.51. The lowest BCUT2D eigenvalue weighted by molar-refractivity contribution is -0.150. The number of hydrogen-bond acceptors (Lipinski definition) is 3. The average Bonchev–Trinajstić information content (AvgIpc) is 2.94. The molecule has 20 heavy (non-hydrogen) atoms. The summed E-state index contributed by atoms with van der Waals surface area (Å²) in [5, 5.41) is 9.73. The first-order chi connectivity index (χ1) is 9.77. The minimum absolute atomic E-state index is 0.346. The maximum Gasteiger partial charge on any atom is 0.336 e. The molecule has 3 fully saturated rings. The number of hydrogen-bond donors (Lipinski definition) is 1. The number of carboxylic acids is 1. The van der Waals surface area contributed by atoms with Crippen molar-refractivity contribution in [3.05, 3.63) is 0 Å². The zero-order chi connectivity index (χ0) is 13.9. The number of aliphatic carboxylic acids is 1. The van der Waals surface area contributed by atoms with Gasteiger partial charge in [0.15, 0.2) is 6.17 Å². The predicted molar refractivity (Wildman–Crippen MR) is 78.6 cm³/mol. The summed E-state index contributed by atoms with van der Waals surface area (Å²) in [6.07, 6.45) is 12.2. The topological polar surface area (TPSA) is 43.8 Å². The van der Waals surface area contributed by atoms with Crippen LogP contribution in [0.3, 0.4) is 0 Å². The monoisotopic (exact) mass is 280 g/mol. The van der Waals surface area contributed by atoms with E-state index in [0.29, 0.717) is 12.1 Å². The number of carboxylic acid groups (broad SMARTS) is 1. The van der Waals surface area contributed by atoms with Crippen LogP contribution in [-0.4, -0.2) is 52.2 Å². The molecule has 0 aromatic carbocycles. The molecule has 114 valence electrons. The first kappa shape index (κ1) is 14.3. The molecule has 4 nitrogen and oxygen atoms in total. The number of rotatable bonds is 3. The van der Waals surface area contributed by atoms with E-state index in [1.165, 1.54) is 64.2 Å². The van der Waals surface area contributed by atoms with E-state index in [1.807, 2.05) is 0 Å². The van der Waals surface area contributed by atoms with Crippen molar-refractivity contribution in [2.24, 2.45) is 0 Å². The zero-order valence-corrected chi connectivity index (χ0v) is 12.5. The second kappa shape index (κ2) is 6.44. The molecular weight excluding hydrogens is 252 g/mol. The highest BCUT2D eigenvalue weighted by Gasteiger charge is 2.43. The van der Waals surface area contributed by atoms with Crippen LogP contribution in [0.1, 0.15) is 64.2 Å². The number of nitrogens with zero attached hydrogens (tertiary/aromatic N) is 2. The molecule has 0 aromatic heterocycles. The minimum atomic E-state index is -0.626. The van der Waals surface area contributed by atoms with Gasteiger partial charge in [-0.2, -0.15) is 0 Å². The zero-order valence-electron chi connectivity index (χ0n) is 12.5. The number of carbonyl (C=O) groups is 1. The maximum atomic E-state index is 11.8. The van der Waals surface area contributed by atoms with Gasteiger partial charge in [-0.3, -0.25) is 9.80 Å². The van der Waals surface area contributed by atoms with Crippen LogP contribution in [0.4, 0.5) is 0 Å². The largest absolute Gasteiger partial charge is 0.479 e. The van der Waals surface area contributed by atoms with Gasteiger partial charge in [0.2, 0.25) is 0 Å². The third kappa shape index (κ3) is 2.86. The molecule has 0 radical (unpaired) electrons. The highest BCUT2D eigenvalue weighted by atomic mass is 16.4. The summed E-state index contributed by atoms with van der Waals surface area (Å²) in [5.41, 5.74) is 0. The van der Waals surface area contributed by atoms with Crippen LogP contribution < -0.4 is 0 Å². The average molecular weight is 280 g/mol. The Morgan fingerprint density at radius 3 is 1.50 bits per heavy atom. The fraction of sp³-hybridized carbons (Fsp3) is 0.938. The lowest BCUT2D eigenvalue weighted by Crippen LogP contribution is -2.52. The van der Waals surface area contributed by atoms with Crippen LogP contribution in [0.25, 0.3) is 0 Å². The molecule has 3 rings (SSSR count). The Kier molecular flexibility index (Phi) is 4.61. The van der Waals surface area contributed by atoms with Crippen LogP contribution in [0, 0.1) is 0 Å². The summed E-state index contributed by atoms with van der Waals surface area (Å²) in [6, 6.07) is 1.02. The van der Waals surface area contributed by atoms with Gasteiger partial charge < -0.3 is 5.11 Å². The molecule has 0 unspecified atom stereocenters. The van der Waals surface area contributed by atoms with E-state index in [0.717, 1.165) is 13.1 Å². The Balaban J connectivity index is 1.70. The molecule has 2 saturated carbocycles. The molecule has 0 aromatic rings. The molecular formula is C16H28N2O2. The Bertz CT molecular complexity index is 309. The fourth-order valence-electron chi connectivity index (χ4n) is 4.54. The van der Waals surface area contributed by atoms with E-state index >= 15 is 0 Å². The van der Waals surface area contributed by atoms with Gasteiger partial charge in [0.25, 0.3) is 0 Å². The van der Waals surface area contributed by atoms with E-state index in [-0.39, 0.29) is 6.17 Å². The lowest BCUT2D eigenvalue weighted by Gasteiger charge is -2.38. The van der Waals surface area contributed by atoms with Crippen molar-refractivity contribution < 1.29 is 9.90 Å². The Hall–Kier alpha value is -0.610. The van der Waals surface area contributed by atoms with Crippen molar-refractivity contribution in [1.82, 2.24) is 9.80 Å². The van der Waals surface area contributed by atoms with Crippen LogP contribution >= 0.6 is 0 Å². The summed E-state index contributed by atoms with van der Waals surface area (Å²) in [4.78, 5) is 16.4. The van der Waals surface area contributed by atoms with E-state index in [4.69, 9.17) is 0 Å². The SMILES string of the molecule is O=C(O)C1N(C2CCCCC2)CCN1C1CCCCC1. The van der Waals surface area contributed by atoms with Crippen molar-refractivity contribution in [1.29, 1.82) is 0 Å². The third-order valence-corrected chi connectivity index (χ3v) is 5.55. The van der Waals surface area contributed by atoms with Crippen molar-refractivity contribution in [2.75, 3.05) is 13.1 Å². The summed E-state index contributed by atoms with van der Waals surface area (Å²) in [7, 11) is 0. The van der Waals surface area contributed by atoms with E-state index < -0.39 is 5.97 Å². The van der Waals surface area contributed by atoms with E-state index in [9.17, 15) is 9.90 Å². The Morgan fingerprint density at radius 1 is 0.750 bits per heavy atom. The van der Waals surface area contributed by atoms with Crippen LogP contribution in [-0.2, 0) is 4.79 Å². The second-order valence-corrected chi connectivity index (χ2v) is 6.77. The van der Waals surface area contributed by atoms with Crippen molar-refractivity contribution in [2.45, 2.75) is 82.5 Å². The fourth-order valence-corrected chi connectivity index (χ4v) is 4.54. The highest BCUT2D eigenvalue weighted by Crippen LogP contribution is 2.32. The lowest BCUT2D eigenvalue weighted by atomic mass is 9.93. The van der Waals surface area contributed by atoms with Gasteiger partial charge in [-0.25, -0.2) is 4.79 Å². The highest BCUT2D eigenvalue weighted by molar-refractivity contribution is 5.73. The molecule has 1 N–H and O–H groups in total. The van der Waals surface area contributed by atoms with Gasteiger partial charge in [0.05, 0.1) is 0 Å². The molecule has 1 saturated heterocycles. The molecule has 3 aliphatic rings. The van der Waals surface area contributed by atoms with E-state index in [1.54, 1.807) is 0 Å². The van der Waals surface area contributed by atoms with Crippen molar-refractivity contribution in [3.8, 4) is 0 Å². The van der Waals surface area contributed by atoms with Gasteiger partial charge in [-0.05, 0) is 25.7 Å². The summed E-state index contributed by atoms with van der Waals surface area (Å²) in [6.45, 7) is 1.91. The van der Waals surface area contributed by atoms with E-state index in [2.05, 4.69) is 9.80 Å². The molecule has 0 bridgehead atoms. The van der Waals surface area contributed by atoms with Gasteiger partial charge >= 0.3 is 5.97 Å². The molecule has 1 heterocycles. The Morgan fingerprint density at radius 2 is 1.15 bits per heavy atom. The van der Waals surface area contributed by atoms with Gasteiger partial charge in [-0.15, -0.1) is 0 Å². The normalized spacial score (nSPS) is 29.0. The maximum absolute atomic E-state index is 11.8. The van der Waals surface area contributed by atoms with Gasteiger partial charge in [0, 0.05) is 25.2 Å². The smallest absolute Gasteiger partial charge is 0.336 e. The second-order valence-electron chi connectivity index (χ2n) is 6.77. The van der Waals surface area contributed by atoms with Crippen molar-refractivity contribution >= 4 is 5.97 Å². The molecule has 0 spiro atoms. The van der Waals surface area contributed by atoms with Crippen molar-refractivity contribution in [3.63, 3.8) is 0 Å². The third-order valence-electron chi connectivity index (χ3n) is 5.55. The molecule has 0 atom stereocenters. The van der Waals surface area contributed by atoms with Crippen LogP contribution in [0.2, 0.25) is 0 Å².